The van der Waals surface area contributed by atoms with Crippen LogP contribution in [0.5, 0.6) is 0 Å². The summed E-state index contributed by atoms with van der Waals surface area (Å²) in [5.41, 5.74) is 1.20. The molecule has 2 amide bonds. The number of aromatic nitrogens is 1. The Balaban J connectivity index is 1.77. The van der Waals surface area contributed by atoms with Gasteiger partial charge in [0, 0.05) is 24.7 Å². The molecule has 1 N–H and O–H groups in total. The topological polar surface area (TPSA) is 71.5 Å². The second-order valence-corrected chi connectivity index (χ2v) is 5.80. The maximum atomic E-state index is 12.4. The summed E-state index contributed by atoms with van der Waals surface area (Å²) >= 11 is 0. The first-order valence-corrected chi connectivity index (χ1v) is 7.64. The van der Waals surface area contributed by atoms with Crippen molar-refractivity contribution >= 4 is 28.4 Å². The summed E-state index contributed by atoms with van der Waals surface area (Å²) in [5.74, 6) is -1.19. The number of hydrogen-bond donors (Lipinski definition) is 1. The lowest BCUT2D eigenvalue weighted by Gasteiger charge is -2.34. The molecule has 1 aliphatic rings. The van der Waals surface area contributed by atoms with E-state index in [1.54, 1.807) is 12.3 Å². The van der Waals surface area contributed by atoms with Crippen molar-refractivity contribution in [3.63, 3.8) is 0 Å². The molecule has 2 aromatic rings. The van der Waals surface area contributed by atoms with Crippen LogP contribution in [-0.4, -0.2) is 47.0 Å². The molecule has 3 rings (SSSR count). The van der Waals surface area contributed by atoms with Gasteiger partial charge < -0.3 is 15.0 Å². The van der Waals surface area contributed by atoms with E-state index in [0.717, 1.165) is 5.39 Å². The van der Waals surface area contributed by atoms with Crippen molar-refractivity contribution in [2.24, 2.45) is 0 Å². The molecule has 120 valence electrons. The maximum Gasteiger partial charge on any atom is 0.313 e. The van der Waals surface area contributed by atoms with Gasteiger partial charge in [0.15, 0.2) is 0 Å². The van der Waals surface area contributed by atoms with Gasteiger partial charge in [0.25, 0.3) is 0 Å². The average molecular weight is 313 g/mol. The summed E-state index contributed by atoms with van der Waals surface area (Å²) < 4.78 is 5.59. The zero-order chi connectivity index (χ0) is 16.4. The Labute approximate surface area is 134 Å². The van der Waals surface area contributed by atoms with Crippen molar-refractivity contribution in [3.8, 4) is 0 Å². The molecule has 6 nitrogen and oxygen atoms in total. The molecule has 1 aromatic carbocycles. The van der Waals surface area contributed by atoms with Gasteiger partial charge in [-0.2, -0.15) is 0 Å². The van der Waals surface area contributed by atoms with Gasteiger partial charge in [-0.15, -0.1) is 0 Å². The summed E-state index contributed by atoms with van der Waals surface area (Å²) in [5, 5.41) is 3.59. The average Bonchev–Trinajstić information content (AvgIpc) is 2.53. The predicted octanol–water partition coefficient (Wildman–Crippen LogP) is 1.81. The number of nitrogens with one attached hydrogen (secondary N) is 1. The molecule has 2 atom stereocenters. The lowest BCUT2D eigenvalue weighted by Crippen LogP contribution is -2.51. The number of anilines is 1. The number of amides is 2. The van der Waals surface area contributed by atoms with Crippen LogP contribution in [0.15, 0.2) is 36.5 Å². The van der Waals surface area contributed by atoms with Gasteiger partial charge in [-0.05, 0) is 26.0 Å². The van der Waals surface area contributed by atoms with Crippen molar-refractivity contribution in [3.05, 3.63) is 36.5 Å². The highest BCUT2D eigenvalue weighted by atomic mass is 16.5. The van der Waals surface area contributed by atoms with Crippen molar-refractivity contribution in [2.75, 3.05) is 18.4 Å². The first-order chi connectivity index (χ1) is 11.0. The number of carbonyl (C=O) groups is 2. The van der Waals surface area contributed by atoms with Crippen LogP contribution in [-0.2, 0) is 14.3 Å². The Kier molecular flexibility index (Phi) is 4.25. The van der Waals surface area contributed by atoms with Crippen molar-refractivity contribution in [1.82, 2.24) is 9.88 Å². The minimum Gasteiger partial charge on any atom is -0.372 e. The third-order valence-corrected chi connectivity index (χ3v) is 3.78. The van der Waals surface area contributed by atoms with Crippen LogP contribution in [0.4, 0.5) is 5.69 Å². The third-order valence-electron chi connectivity index (χ3n) is 3.78. The fourth-order valence-corrected chi connectivity index (χ4v) is 2.87. The van der Waals surface area contributed by atoms with Gasteiger partial charge in [0.05, 0.1) is 23.4 Å². The Morgan fingerprint density at radius 3 is 2.61 bits per heavy atom. The van der Waals surface area contributed by atoms with E-state index >= 15 is 0 Å². The first kappa shape index (κ1) is 15.4. The van der Waals surface area contributed by atoms with Crippen molar-refractivity contribution < 1.29 is 14.3 Å². The summed E-state index contributed by atoms with van der Waals surface area (Å²) in [6, 6.07) is 9.21. The molecule has 2 heterocycles. The largest absolute Gasteiger partial charge is 0.372 e. The lowest BCUT2D eigenvalue weighted by molar-refractivity contribution is -0.151. The second-order valence-electron chi connectivity index (χ2n) is 5.80. The van der Waals surface area contributed by atoms with Crippen molar-refractivity contribution in [2.45, 2.75) is 26.1 Å². The Morgan fingerprint density at radius 2 is 1.87 bits per heavy atom. The lowest BCUT2D eigenvalue weighted by atomic mass is 10.2. The maximum absolute atomic E-state index is 12.4. The number of nitrogens with zero attached hydrogens (tertiary/aromatic N) is 2. The fourth-order valence-electron chi connectivity index (χ4n) is 2.87. The normalized spacial score (nSPS) is 21.2. The minimum absolute atomic E-state index is 0.0743. The standard InChI is InChI=1S/C17H19N3O3/c1-11-9-20(10-12(2)23-11)17(22)16(21)19-14-7-3-5-13-6-4-8-18-15(13)14/h3-8,11-12H,9-10H2,1-2H3,(H,19,21). The molecule has 1 saturated heterocycles. The minimum atomic E-state index is -0.649. The van der Waals surface area contributed by atoms with Gasteiger partial charge in [0.2, 0.25) is 0 Å². The second kappa shape index (κ2) is 6.34. The zero-order valence-corrected chi connectivity index (χ0v) is 13.2. The van der Waals surface area contributed by atoms with Gasteiger partial charge >= 0.3 is 11.8 Å². The number of hydrogen-bond acceptors (Lipinski definition) is 4. The van der Waals surface area contributed by atoms with E-state index in [2.05, 4.69) is 10.3 Å². The molecule has 1 aliphatic heterocycles. The highest BCUT2D eigenvalue weighted by molar-refractivity contribution is 6.40. The highest BCUT2D eigenvalue weighted by Crippen LogP contribution is 2.21. The third kappa shape index (κ3) is 3.32. The fraction of sp³-hybridized carbons (Fsp3) is 0.353. The number of para-hydroxylation sites is 1. The number of benzene rings is 1. The van der Waals surface area contributed by atoms with Crippen LogP contribution in [0.25, 0.3) is 10.9 Å². The number of pyridine rings is 1. The first-order valence-electron chi connectivity index (χ1n) is 7.64. The molecule has 2 unspecified atom stereocenters. The molecule has 1 aromatic heterocycles. The number of ether oxygens (including phenoxy) is 1. The van der Waals surface area contributed by atoms with Crippen LogP contribution < -0.4 is 5.32 Å². The molecule has 0 bridgehead atoms. The van der Waals surface area contributed by atoms with Crippen molar-refractivity contribution in [1.29, 1.82) is 0 Å². The van der Waals surface area contributed by atoms with Gasteiger partial charge in [-0.25, -0.2) is 0 Å². The van der Waals surface area contributed by atoms with Gasteiger partial charge in [0.1, 0.15) is 0 Å². The van der Waals surface area contributed by atoms with Crippen LogP contribution in [0, 0.1) is 0 Å². The monoisotopic (exact) mass is 313 g/mol. The molecule has 0 radical (unpaired) electrons. The molecule has 0 aliphatic carbocycles. The van der Waals surface area contributed by atoms with Crippen LogP contribution >= 0.6 is 0 Å². The summed E-state index contributed by atoms with van der Waals surface area (Å²) in [6.07, 6.45) is 1.51. The van der Waals surface area contributed by atoms with E-state index in [0.29, 0.717) is 24.3 Å². The predicted molar refractivity (Wildman–Crippen MR) is 87.0 cm³/mol. The SMILES string of the molecule is CC1CN(C(=O)C(=O)Nc2cccc3cccnc23)CC(C)O1. The Morgan fingerprint density at radius 1 is 1.17 bits per heavy atom. The molecule has 0 spiro atoms. The van der Waals surface area contributed by atoms with E-state index in [1.165, 1.54) is 4.90 Å². The number of carbonyl (C=O) groups excluding carboxylic acids is 2. The Hall–Kier alpha value is -2.47. The van der Waals surface area contributed by atoms with Crippen LogP contribution in [0.3, 0.4) is 0 Å². The van der Waals surface area contributed by atoms with Crippen LogP contribution in [0.2, 0.25) is 0 Å². The number of rotatable bonds is 1. The number of fused-ring (bicyclic) bond motifs is 1. The van der Waals surface area contributed by atoms with E-state index in [1.807, 2.05) is 38.1 Å². The highest BCUT2D eigenvalue weighted by Gasteiger charge is 2.29. The molecule has 0 saturated carbocycles. The summed E-state index contributed by atoms with van der Waals surface area (Å²) in [6.45, 7) is 4.62. The molecule has 23 heavy (non-hydrogen) atoms. The van der Waals surface area contributed by atoms with Crippen LogP contribution in [0.1, 0.15) is 13.8 Å². The van der Waals surface area contributed by atoms with E-state index in [-0.39, 0.29) is 12.2 Å². The summed E-state index contributed by atoms with van der Waals surface area (Å²) in [4.78, 5) is 30.5. The number of morpholine rings is 1. The molecule has 1 fully saturated rings. The smallest absolute Gasteiger partial charge is 0.313 e. The molecular formula is C17H19N3O3. The zero-order valence-electron chi connectivity index (χ0n) is 13.2. The Bertz CT molecular complexity index is 731. The quantitative estimate of drug-likeness (QED) is 0.815. The van der Waals surface area contributed by atoms with E-state index in [9.17, 15) is 9.59 Å². The van der Waals surface area contributed by atoms with Gasteiger partial charge in [-0.1, -0.05) is 18.2 Å². The van der Waals surface area contributed by atoms with E-state index < -0.39 is 11.8 Å². The summed E-state index contributed by atoms with van der Waals surface area (Å²) in [7, 11) is 0. The van der Waals surface area contributed by atoms with E-state index in [4.69, 9.17) is 4.74 Å². The molecule has 6 heteroatoms. The van der Waals surface area contributed by atoms with Gasteiger partial charge in [-0.3, -0.25) is 14.6 Å². The molecular weight excluding hydrogens is 294 g/mol.